The lowest BCUT2D eigenvalue weighted by Crippen LogP contribution is -1.97. The zero-order chi connectivity index (χ0) is 14.7. The Bertz CT molecular complexity index is 699. The van der Waals surface area contributed by atoms with Crippen LogP contribution >= 0.6 is 31.9 Å². The highest BCUT2D eigenvalue weighted by Gasteiger charge is 2.12. The lowest BCUT2D eigenvalue weighted by molar-refractivity contribution is 0.408. The number of aromatic nitrogens is 1. The van der Waals surface area contributed by atoms with Crippen molar-refractivity contribution in [1.82, 2.24) is 4.98 Å². The van der Waals surface area contributed by atoms with Crippen molar-refractivity contribution in [2.45, 2.75) is 0 Å². The molecule has 2 N–H and O–H groups in total. The molecule has 0 unspecified atom stereocenters. The molecule has 1 heterocycles. The summed E-state index contributed by atoms with van der Waals surface area (Å²) in [4.78, 5) is 4.02. The number of hydrogen-bond donors (Lipinski definition) is 1. The third kappa shape index (κ3) is 3.03. The third-order valence-corrected chi connectivity index (χ3v) is 3.66. The largest absolute Gasteiger partial charge is 0.496 e. The van der Waals surface area contributed by atoms with E-state index in [0.29, 0.717) is 27.2 Å². The second-order valence-electron chi connectivity index (χ2n) is 3.75. The van der Waals surface area contributed by atoms with Crippen LogP contribution in [-0.4, -0.2) is 12.1 Å². The number of rotatable bonds is 3. The molecule has 102 valence electrons. The van der Waals surface area contributed by atoms with E-state index in [1.165, 1.54) is 12.3 Å². The predicted molar refractivity (Wildman–Crippen MR) is 81.8 cm³/mol. The molecule has 1 aromatic carbocycles. The van der Waals surface area contributed by atoms with Crippen LogP contribution in [0.15, 0.2) is 33.3 Å². The molecule has 0 atom stereocenters. The van der Waals surface area contributed by atoms with Gasteiger partial charge in [0.1, 0.15) is 17.6 Å². The van der Waals surface area contributed by atoms with Crippen molar-refractivity contribution < 1.29 is 9.47 Å². The summed E-state index contributed by atoms with van der Waals surface area (Å²) in [6.45, 7) is 0. The van der Waals surface area contributed by atoms with Crippen molar-refractivity contribution in [2.75, 3.05) is 12.8 Å². The fourth-order valence-corrected chi connectivity index (χ4v) is 2.35. The van der Waals surface area contributed by atoms with Gasteiger partial charge < -0.3 is 15.2 Å². The number of nitriles is 1. The van der Waals surface area contributed by atoms with E-state index in [2.05, 4.69) is 36.8 Å². The number of anilines is 1. The monoisotopic (exact) mass is 397 g/mol. The summed E-state index contributed by atoms with van der Waals surface area (Å²) in [6, 6.07) is 6.97. The lowest BCUT2D eigenvalue weighted by atomic mass is 10.3. The number of benzene rings is 1. The maximum Gasteiger partial charge on any atom is 0.242 e. The molecule has 5 nitrogen and oxygen atoms in total. The molecule has 1 aromatic heterocycles. The fourth-order valence-electron chi connectivity index (χ4n) is 1.46. The molecule has 20 heavy (non-hydrogen) atoms. The topological polar surface area (TPSA) is 81.2 Å². The third-order valence-electron chi connectivity index (χ3n) is 2.42. The van der Waals surface area contributed by atoms with Gasteiger partial charge in [0, 0.05) is 6.20 Å². The molecule has 0 bridgehead atoms. The average molecular weight is 399 g/mol. The molecule has 7 heteroatoms. The standard InChI is InChI=1S/C13H9Br2N3O2/c1-19-11-3-9(15)12(4-8(11)14)20-13-10(17)2-7(5-16)6-18-13/h2-4,6H,17H2,1H3. The molecule has 0 amide bonds. The summed E-state index contributed by atoms with van der Waals surface area (Å²) in [7, 11) is 1.58. The van der Waals surface area contributed by atoms with Gasteiger partial charge in [-0.3, -0.25) is 0 Å². The number of nitrogens with zero attached hydrogens (tertiary/aromatic N) is 2. The molecule has 0 spiro atoms. The van der Waals surface area contributed by atoms with E-state index in [0.717, 1.165) is 4.47 Å². The maximum atomic E-state index is 8.77. The first-order chi connectivity index (χ1) is 9.55. The van der Waals surface area contributed by atoms with Crippen LogP contribution in [0.4, 0.5) is 5.69 Å². The Morgan fingerprint density at radius 2 is 1.85 bits per heavy atom. The minimum absolute atomic E-state index is 0.238. The van der Waals surface area contributed by atoms with E-state index in [9.17, 15) is 0 Å². The molecule has 2 rings (SSSR count). The minimum Gasteiger partial charge on any atom is -0.496 e. The zero-order valence-corrected chi connectivity index (χ0v) is 13.5. The molecular weight excluding hydrogens is 390 g/mol. The van der Waals surface area contributed by atoms with Gasteiger partial charge in [-0.2, -0.15) is 5.26 Å². The Balaban J connectivity index is 2.35. The minimum atomic E-state index is 0.238. The molecule has 0 aliphatic rings. The summed E-state index contributed by atoms with van der Waals surface area (Å²) in [5.74, 6) is 1.44. The van der Waals surface area contributed by atoms with Crippen LogP contribution in [0.2, 0.25) is 0 Å². The molecule has 0 fully saturated rings. The van der Waals surface area contributed by atoms with Gasteiger partial charge in [-0.05, 0) is 50.1 Å². The summed E-state index contributed by atoms with van der Waals surface area (Å²) < 4.78 is 12.3. The first-order valence-corrected chi connectivity index (χ1v) is 7.00. The van der Waals surface area contributed by atoms with Crippen molar-refractivity contribution in [3.05, 3.63) is 38.9 Å². The van der Waals surface area contributed by atoms with Gasteiger partial charge in [-0.25, -0.2) is 4.98 Å². The highest BCUT2D eigenvalue weighted by Crippen LogP contribution is 2.38. The highest BCUT2D eigenvalue weighted by molar-refractivity contribution is 9.11. The van der Waals surface area contributed by atoms with Crippen molar-refractivity contribution in [1.29, 1.82) is 5.26 Å². The van der Waals surface area contributed by atoms with Crippen LogP contribution in [0.3, 0.4) is 0 Å². The normalized spacial score (nSPS) is 9.90. The van der Waals surface area contributed by atoms with Crippen LogP contribution in [0, 0.1) is 11.3 Å². The quantitative estimate of drug-likeness (QED) is 0.848. The smallest absolute Gasteiger partial charge is 0.242 e. The molecule has 0 aliphatic heterocycles. The van der Waals surface area contributed by atoms with Gasteiger partial charge in [0.05, 0.1) is 27.3 Å². The Morgan fingerprint density at radius 3 is 2.45 bits per heavy atom. The van der Waals surface area contributed by atoms with E-state index in [1.807, 2.05) is 6.07 Å². The van der Waals surface area contributed by atoms with Crippen LogP contribution in [0.5, 0.6) is 17.4 Å². The number of ether oxygens (including phenoxy) is 2. The van der Waals surface area contributed by atoms with Crippen molar-refractivity contribution in [3.8, 4) is 23.4 Å². The molecule has 2 aromatic rings. The van der Waals surface area contributed by atoms with E-state index >= 15 is 0 Å². The number of nitrogen functional groups attached to an aromatic ring is 1. The number of halogens is 2. The lowest BCUT2D eigenvalue weighted by Gasteiger charge is -2.11. The second-order valence-corrected chi connectivity index (χ2v) is 5.46. The van der Waals surface area contributed by atoms with Crippen LogP contribution in [0.25, 0.3) is 0 Å². The Kier molecular flexibility index (Phi) is 4.47. The number of hydrogen-bond acceptors (Lipinski definition) is 5. The second kappa shape index (κ2) is 6.11. The predicted octanol–water partition coefficient (Wildman–Crippen LogP) is 3.86. The van der Waals surface area contributed by atoms with Crippen molar-refractivity contribution >= 4 is 37.5 Å². The Hall–Kier alpha value is -1.78. The maximum absolute atomic E-state index is 8.77. The van der Waals surface area contributed by atoms with Crippen LogP contribution < -0.4 is 15.2 Å². The summed E-state index contributed by atoms with van der Waals surface area (Å²) >= 11 is 6.76. The number of methoxy groups -OCH3 is 1. The molecule has 0 saturated heterocycles. The van der Waals surface area contributed by atoms with Gasteiger partial charge in [0.25, 0.3) is 0 Å². The van der Waals surface area contributed by atoms with E-state index < -0.39 is 0 Å². The molecule has 0 aliphatic carbocycles. The highest BCUT2D eigenvalue weighted by atomic mass is 79.9. The van der Waals surface area contributed by atoms with Gasteiger partial charge in [0.15, 0.2) is 0 Å². The SMILES string of the molecule is COc1cc(Br)c(Oc2ncc(C#N)cc2N)cc1Br. The zero-order valence-electron chi connectivity index (χ0n) is 10.4. The van der Waals surface area contributed by atoms with Gasteiger partial charge in [-0.15, -0.1) is 0 Å². The van der Waals surface area contributed by atoms with E-state index in [-0.39, 0.29) is 5.88 Å². The van der Waals surface area contributed by atoms with Crippen LogP contribution in [-0.2, 0) is 0 Å². The first-order valence-electron chi connectivity index (χ1n) is 5.41. The Morgan fingerprint density at radius 1 is 1.20 bits per heavy atom. The van der Waals surface area contributed by atoms with Crippen molar-refractivity contribution in [3.63, 3.8) is 0 Å². The van der Waals surface area contributed by atoms with E-state index in [4.69, 9.17) is 20.5 Å². The van der Waals surface area contributed by atoms with Crippen molar-refractivity contribution in [2.24, 2.45) is 0 Å². The summed E-state index contributed by atoms with van der Waals surface area (Å²) in [5.41, 5.74) is 6.47. The Labute approximate surface area is 132 Å². The van der Waals surface area contributed by atoms with Gasteiger partial charge >= 0.3 is 0 Å². The van der Waals surface area contributed by atoms with Gasteiger partial charge in [0.2, 0.25) is 5.88 Å². The number of pyridine rings is 1. The molecular formula is C13H9Br2N3O2. The average Bonchev–Trinajstić information content (AvgIpc) is 2.44. The van der Waals surface area contributed by atoms with E-state index in [1.54, 1.807) is 19.2 Å². The molecule has 0 saturated carbocycles. The summed E-state index contributed by atoms with van der Waals surface area (Å²) in [6.07, 6.45) is 1.40. The van der Waals surface area contributed by atoms with Gasteiger partial charge in [-0.1, -0.05) is 0 Å². The first kappa shape index (κ1) is 14.6. The van der Waals surface area contributed by atoms with Crippen LogP contribution in [0.1, 0.15) is 5.56 Å². The fraction of sp³-hybridized carbons (Fsp3) is 0.0769. The summed E-state index contributed by atoms with van der Waals surface area (Å²) in [5, 5.41) is 8.77. The number of nitrogens with two attached hydrogens (primary N) is 1. The molecule has 0 radical (unpaired) electrons.